The molecule has 2 fully saturated rings. The number of hydrogen-bond donors (Lipinski definition) is 1. The van der Waals surface area contributed by atoms with Crippen LogP contribution in [-0.4, -0.2) is 81.2 Å². The van der Waals surface area contributed by atoms with E-state index in [2.05, 4.69) is 38.4 Å². The summed E-state index contributed by atoms with van der Waals surface area (Å²) in [5, 5.41) is 19.1. The van der Waals surface area contributed by atoms with Gasteiger partial charge in [0.25, 0.3) is 0 Å². The van der Waals surface area contributed by atoms with E-state index in [1.165, 1.54) is 12.8 Å². The van der Waals surface area contributed by atoms with Crippen LogP contribution in [0.25, 0.3) is 0 Å². The van der Waals surface area contributed by atoms with Crippen LogP contribution < -0.4 is 0 Å². The van der Waals surface area contributed by atoms with E-state index in [4.69, 9.17) is 4.74 Å². The highest BCUT2D eigenvalue weighted by molar-refractivity contribution is 5.07. The first-order valence-corrected chi connectivity index (χ1v) is 9.05. The van der Waals surface area contributed by atoms with E-state index in [1.807, 2.05) is 14.1 Å². The van der Waals surface area contributed by atoms with Crippen molar-refractivity contribution in [1.82, 2.24) is 24.6 Å². The average Bonchev–Trinajstić information content (AvgIpc) is 3.24. The fourth-order valence-electron chi connectivity index (χ4n) is 3.67. The molecule has 7 nitrogen and oxygen atoms in total. The van der Waals surface area contributed by atoms with E-state index in [9.17, 15) is 5.11 Å². The quantitative estimate of drug-likeness (QED) is 0.786. The lowest BCUT2D eigenvalue weighted by Crippen LogP contribution is -2.49. The predicted octanol–water partition coefficient (Wildman–Crippen LogP) is 0.594. The Kier molecular flexibility index (Phi) is 5.54. The molecule has 7 heteroatoms. The molecule has 3 atom stereocenters. The zero-order valence-corrected chi connectivity index (χ0v) is 15.4. The monoisotopic (exact) mass is 337 g/mol. The Hall–Kier alpha value is -1.02. The standard InChI is InChI=1S/C17H31N5O2/c1-12-7-22(8-13(2)24-12)10-15(23)9-20(3)11-16-18-19-17(21(16)4)14-5-6-14/h12-15,23H,5-11H2,1-4H3. The molecule has 2 heterocycles. The van der Waals surface area contributed by atoms with Gasteiger partial charge in [-0.15, -0.1) is 10.2 Å². The molecule has 3 unspecified atom stereocenters. The molecular formula is C17H31N5O2. The van der Waals surface area contributed by atoms with Gasteiger partial charge >= 0.3 is 0 Å². The van der Waals surface area contributed by atoms with Crippen LogP contribution in [0.15, 0.2) is 0 Å². The summed E-state index contributed by atoms with van der Waals surface area (Å²) in [6.07, 6.45) is 2.56. The second-order valence-corrected chi connectivity index (χ2v) is 7.63. The second kappa shape index (κ2) is 7.47. The third kappa shape index (κ3) is 4.53. The van der Waals surface area contributed by atoms with E-state index >= 15 is 0 Å². The third-order valence-electron chi connectivity index (χ3n) is 4.84. The summed E-state index contributed by atoms with van der Waals surface area (Å²) in [6.45, 7) is 7.99. The summed E-state index contributed by atoms with van der Waals surface area (Å²) in [6, 6.07) is 0. The highest BCUT2D eigenvalue weighted by Gasteiger charge is 2.29. The lowest BCUT2D eigenvalue weighted by Gasteiger charge is -2.36. The summed E-state index contributed by atoms with van der Waals surface area (Å²) >= 11 is 0. The maximum atomic E-state index is 10.4. The Morgan fingerprint density at radius 2 is 1.92 bits per heavy atom. The van der Waals surface area contributed by atoms with E-state index < -0.39 is 0 Å². The van der Waals surface area contributed by atoms with Crippen molar-refractivity contribution in [2.75, 3.05) is 33.2 Å². The summed E-state index contributed by atoms with van der Waals surface area (Å²) in [5.41, 5.74) is 0. The molecule has 3 rings (SSSR count). The molecule has 1 aliphatic heterocycles. The third-order valence-corrected chi connectivity index (χ3v) is 4.84. The number of ether oxygens (including phenoxy) is 1. The maximum absolute atomic E-state index is 10.4. The van der Waals surface area contributed by atoms with Crippen LogP contribution in [0.2, 0.25) is 0 Å². The molecule has 1 N–H and O–H groups in total. The molecule has 24 heavy (non-hydrogen) atoms. The topological polar surface area (TPSA) is 66.7 Å². The molecule has 0 spiro atoms. The van der Waals surface area contributed by atoms with Gasteiger partial charge in [0, 0.05) is 39.1 Å². The molecule has 0 radical (unpaired) electrons. The molecule has 1 saturated carbocycles. The number of nitrogens with zero attached hydrogens (tertiary/aromatic N) is 5. The van der Waals surface area contributed by atoms with Gasteiger partial charge in [-0.2, -0.15) is 0 Å². The molecule has 1 aliphatic carbocycles. The van der Waals surface area contributed by atoms with Crippen molar-refractivity contribution in [3.8, 4) is 0 Å². The largest absolute Gasteiger partial charge is 0.390 e. The van der Waals surface area contributed by atoms with Crippen molar-refractivity contribution in [3.05, 3.63) is 11.6 Å². The number of aliphatic hydroxyl groups excluding tert-OH is 1. The number of rotatable bonds is 7. The van der Waals surface area contributed by atoms with Crippen LogP contribution >= 0.6 is 0 Å². The highest BCUT2D eigenvalue weighted by atomic mass is 16.5. The molecule has 0 aromatic carbocycles. The van der Waals surface area contributed by atoms with Crippen molar-refractivity contribution < 1.29 is 9.84 Å². The Morgan fingerprint density at radius 1 is 1.25 bits per heavy atom. The molecule has 1 aromatic heterocycles. The van der Waals surface area contributed by atoms with Gasteiger partial charge in [0.15, 0.2) is 0 Å². The van der Waals surface area contributed by atoms with Crippen LogP contribution in [0.3, 0.4) is 0 Å². The van der Waals surface area contributed by atoms with E-state index in [1.54, 1.807) is 0 Å². The fraction of sp³-hybridized carbons (Fsp3) is 0.882. The van der Waals surface area contributed by atoms with Gasteiger partial charge in [0.2, 0.25) is 0 Å². The minimum atomic E-state index is -0.372. The maximum Gasteiger partial charge on any atom is 0.146 e. The minimum absolute atomic E-state index is 0.234. The zero-order chi connectivity index (χ0) is 17.3. The van der Waals surface area contributed by atoms with Gasteiger partial charge in [-0.1, -0.05) is 0 Å². The predicted molar refractivity (Wildman–Crippen MR) is 91.8 cm³/mol. The highest BCUT2D eigenvalue weighted by Crippen LogP contribution is 2.38. The Bertz CT molecular complexity index is 535. The Balaban J connectivity index is 1.46. The zero-order valence-electron chi connectivity index (χ0n) is 15.4. The number of β-amino-alcohol motifs (C(OH)–C–C–N with tert-alkyl or cyclic N) is 1. The molecule has 0 amide bonds. The number of likely N-dealkylation sites (N-methyl/N-ethyl adjacent to an activating group) is 1. The van der Waals surface area contributed by atoms with Crippen LogP contribution in [-0.2, 0) is 18.3 Å². The Morgan fingerprint density at radius 3 is 2.54 bits per heavy atom. The SMILES string of the molecule is CC1CN(CC(O)CN(C)Cc2nnc(C3CC3)n2C)CC(C)O1. The van der Waals surface area contributed by atoms with Gasteiger partial charge in [0.05, 0.1) is 24.9 Å². The van der Waals surface area contributed by atoms with E-state index in [0.29, 0.717) is 25.6 Å². The van der Waals surface area contributed by atoms with Crippen LogP contribution in [0.5, 0.6) is 0 Å². The first-order valence-electron chi connectivity index (χ1n) is 9.05. The number of morpholine rings is 1. The van der Waals surface area contributed by atoms with E-state index in [-0.39, 0.29) is 18.3 Å². The van der Waals surface area contributed by atoms with Crippen LogP contribution in [0.4, 0.5) is 0 Å². The fourth-order valence-corrected chi connectivity index (χ4v) is 3.67. The normalized spacial score (nSPS) is 26.9. The van der Waals surface area contributed by atoms with Gasteiger partial charge in [-0.25, -0.2) is 0 Å². The van der Waals surface area contributed by atoms with Gasteiger partial charge in [-0.05, 0) is 33.7 Å². The molecule has 0 bridgehead atoms. The summed E-state index contributed by atoms with van der Waals surface area (Å²) in [4.78, 5) is 4.42. The lowest BCUT2D eigenvalue weighted by molar-refractivity contribution is -0.0777. The number of aliphatic hydroxyl groups is 1. The molecule has 1 saturated heterocycles. The van der Waals surface area contributed by atoms with Crippen molar-refractivity contribution in [2.45, 2.75) is 57.5 Å². The lowest BCUT2D eigenvalue weighted by atomic mass is 10.2. The summed E-state index contributed by atoms with van der Waals surface area (Å²) in [5.74, 6) is 2.69. The van der Waals surface area contributed by atoms with Crippen LogP contribution in [0.1, 0.15) is 44.3 Å². The average molecular weight is 337 g/mol. The van der Waals surface area contributed by atoms with Crippen molar-refractivity contribution >= 4 is 0 Å². The Labute approximate surface area is 144 Å². The molecular weight excluding hydrogens is 306 g/mol. The van der Waals surface area contributed by atoms with Crippen molar-refractivity contribution in [1.29, 1.82) is 0 Å². The smallest absolute Gasteiger partial charge is 0.146 e. The minimum Gasteiger partial charge on any atom is -0.390 e. The first kappa shape index (κ1) is 17.8. The number of hydrogen-bond acceptors (Lipinski definition) is 6. The summed E-state index contributed by atoms with van der Waals surface area (Å²) in [7, 11) is 4.07. The second-order valence-electron chi connectivity index (χ2n) is 7.63. The van der Waals surface area contributed by atoms with Gasteiger partial charge in [-0.3, -0.25) is 9.80 Å². The summed E-state index contributed by atoms with van der Waals surface area (Å²) < 4.78 is 7.86. The molecule has 1 aromatic rings. The number of aromatic nitrogens is 3. The van der Waals surface area contributed by atoms with E-state index in [0.717, 1.165) is 24.7 Å². The molecule has 2 aliphatic rings. The molecule has 136 valence electrons. The van der Waals surface area contributed by atoms with Crippen molar-refractivity contribution in [2.24, 2.45) is 7.05 Å². The van der Waals surface area contributed by atoms with Crippen LogP contribution in [0, 0.1) is 0 Å². The van der Waals surface area contributed by atoms with Crippen molar-refractivity contribution in [3.63, 3.8) is 0 Å². The van der Waals surface area contributed by atoms with Gasteiger partial charge in [0.1, 0.15) is 11.6 Å². The first-order chi connectivity index (χ1) is 11.4. The van der Waals surface area contributed by atoms with Gasteiger partial charge < -0.3 is 14.4 Å².